The average Bonchev–Trinajstić information content (AvgIpc) is 2.95. The zero-order chi connectivity index (χ0) is 14.0. The highest BCUT2D eigenvalue weighted by molar-refractivity contribution is 5.79. The first-order valence-electron chi connectivity index (χ1n) is 6.80. The molecule has 0 aromatic heterocycles. The van der Waals surface area contributed by atoms with Gasteiger partial charge in [0.05, 0.1) is 6.04 Å². The van der Waals surface area contributed by atoms with Crippen LogP contribution in [0.1, 0.15) is 24.0 Å². The van der Waals surface area contributed by atoms with Crippen LogP contribution in [-0.4, -0.2) is 11.9 Å². The molecule has 1 aliphatic rings. The number of alkyl halides is 1. The molecule has 3 rings (SSSR count). The van der Waals surface area contributed by atoms with Crippen molar-refractivity contribution in [2.24, 2.45) is 0 Å². The molecule has 2 aromatic carbocycles. The van der Waals surface area contributed by atoms with Gasteiger partial charge in [-0.15, -0.1) is 0 Å². The molecule has 3 heteroatoms. The molecule has 1 saturated heterocycles. The van der Waals surface area contributed by atoms with E-state index >= 15 is 4.39 Å². The van der Waals surface area contributed by atoms with Crippen molar-refractivity contribution >= 4 is 5.91 Å². The summed E-state index contributed by atoms with van der Waals surface area (Å²) >= 11 is 0. The van der Waals surface area contributed by atoms with Crippen LogP contribution in [0.2, 0.25) is 0 Å². The summed E-state index contributed by atoms with van der Waals surface area (Å²) < 4.78 is 15.9. The maximum absolute atomic E-state index is 15.9. The summed E-state index contributed by atoms with van der Waals surface area (Å²) in [4.78, 5) is 11.5. The number of hydrogen-bond acceptors (Lipinski definition) is 1. The molecular formula is C17H16FNO. The topological polar surface area (TPSA) is 29.1 Å². The van der Waals surface area contributed by atoms with Crippen LogP contribution in [0.25, 0.3) is 0 Å². The molecule has 1 aliphatic heterocycles. The summed E-state index contributed by atoms with van der Waals surface area (Å²) in [6.45, 7) is 0. The lowest BCUT2D eigenvalue weighted by molar-refractivity contribution is -0.119. The fourth-order valence-corrected chi connectivity index (χ4v) is 2.84. The van der Waals surface area contributed by atoms with Gasteiger partial charge in [0.25, 0.3) is 0 Å². The Bertz CT molecular complexity index is 557. The Morgan fingerprint density at radius 3 is 1.85 bits per heavy atom. The predicted octanol–water partition coefficient (Wildman–Crippen LogP) is 3.18. The van der Waals surface area contributed by atoms with Gasteiger partial charge in [0.2, 0.25) is 5.91 Å². The molecule has 0 saturated carbocycles. The standard InChI is InChI=1S/C17H16FNO/c18-17(13-7-3-1-4-8-13,14-9-5-2-6-10-14)15-11-12-16(20)19-15/h1-10,15H,11-12H2,(H,19,20)/t15-/m0/s1. The highest BCUT2D eigenvalue weighted by Gasteiger charge is 2.45. The van der Waals surface area contributed by atoms with E-state index in [0.29, 0.717) is 24.0 Å². The van der Waals surface area contributed by atoms with Crippen LogP contribution in [0.4, 0.5) is 4.39 Å². The quantitative estimate of drug-likeness (QED) is 0.911. The summed E-state index contributed by atoms with van der Waals surface area (Å²) in [6, 6.07) is 17.6. The first-order chi connectivity index (χ1) is 9.71. The molecule has 1 fully saturated rings. The second-order valence-corrected chi connectivity index (χ2v) is 5.10. The molecular weight excluding hydrogens is 253 g/mol. The normalized spacial score (nSPS) is 18.9. The molecule has 0 bridgehead atoms. The van der Waals surface area contributed by atoms with E-state index in [0.717, 1.165) is 0 Å². The fourth-order valence-electron chi connectivity index (χ4n) is 2.84. The van der Waals surface area contributed by atoms with Gasteiger partial charge in [-0.05, 0) is 17.5 Å². The molecule has 2 nitrogen and oxygen atoms in total. The minimum absolute atomic E-state index is 0.0797. The van der Waals surface area contributed by atoms with Gasteiger partial charge in [0, 0.05) is 6.42 Å². The van der Waals surface area contributed by atoms with E-state index in [4.69, 9.17) is 0 Å². The number of nitrogens with one attached hydrogen (secondary N) is 1. The lowest BCUT2D eigenvalue weighted by atomic mass is 9.81. The van der Waals surface area contributed by atoms with Crippen molar-refractivity contribution in [1.82, 2.24) is 5.32 Å². The molecule has 20 heavy (non-hydrogen) atoms. The number of benzene rings is 2. The van der Waals surface area contributed by atoms with Gasteiger partial charge in [-0.2, -0.15) is 0 Å². The molecule has 2 aromatic rings. The zero-order valence-corrected chi connectivity index (χ0v) is 11.1. The van der Waals surface area contributed by atoms with Gasteiger partial charge in [-0.3, -0.25) is 4.79 Å². The van der Waals surface area contributed by atoms with Gasteiger partial charge in [-0.25, -0.2) is 4.39 Å². The molecule has 102 valence electrons. The highest BCUT2D eigenvalue weighted by atomic mass is 19.1. The molecule has 0 unspecified atom stereocenters. The smallest absolute Gasteiger partial charge is 0.220 e. The minimum atomic E-state index is -1.69. The maximum Gasteiger partial charge on any atom is 0.220 e. The fraction of sp³-hybridized carbons (Fsp3) is 0.235. The summed E-state index contributed by atoms with van der Waals surface area (Å²) in [5.41, 5.74) is -0.522. The first-order valence-corrected chi connectivity index (χ1v) is 6.80. The van der Waals surface area contributed by atoms with Crippen molar-refractivity contribution in [2.75, 3.05) is 0 Å². The number of carbonyl (C=O) groups is 1. The van der Waals surface area contributed by atoms with Gasteiger partial charge >= 0.3 is 0 Å². The second kappa shape index (κ2) is 5.08. The van der Waals surface area contributed by atoms with Crippen LogP contribution in [0, 0.1) is 0 Å². The molecule has 1 heterocycles. The lowest BCUT2D eigenvalue weighted by Crippen LogP contribution is -2.44. The number of rotatable bonds is 3. The van der Waals surface area contributed by atoms with E-state index < -0.39 is 11.7 Å². The van der Waals surface area contributed by atoms with Crippen molar-refractivity contribution in [1.29, 1.82) is 0 Å². The SMILES string of the molecule is O=C1CC[C@@H](C(F)(c2ccccc2)c2ccccc2)N1. The Morgan fingerprint density at radius 1 is 0.950 bits per heavy atom. The van der Waals surface area contributed by atoms with Crippen molar-refractivity contribution in [3.8, 4) is 0 Å². The second-order valence-electron chi connectivity index (χ2n) is 5.10. The van der Waals surface area contributed by atoms with E-state index in [1.54, 1.807) is 24.3 Å². The number of amides is 1. The molecule has 1 atom stereocenters. The Kier molecular flexibility index (Phi) is 3.26. The number of halogens is 1. The van der Waals surface area contributed by atoms with Crippen molar-refractivity contribution in [3.05, 3.63) is 71.8 Å². The Balaban J connectivity index is 2.10. The maximum atomic E-state index is 15.9. The van der Waals surface area contributed by atoms with Gasteiger partial charge in [0.1, 0.15) is 0 Å². The van der Waals surface area contributed by atoms with E-state index in [1.807, 2.05) is 36.4 Å². The summed E-state index contributed by atoms with van der Waals surface area (Å²) in [5, 5.41) is 2.78. The Morgan fingerprint density at radius 2 is 1.45 bits per heavy atom. The van der Waals surface area contributed by atoms with Gasteiger partial charge < -0.3 is 5.32 Å². The molecule has 0 radical (unpaired) electrons. The largest absolute Gasteiger partial charge is 0.349 e. The van der Waals surface area contributed by atoms with Crippen LogP contribution in [-0.2, 0) is 10.5 Å². The van der Waals surface area contributed by atoms with Crippen molar-refractivity contribution < 1.29 is 9.18 Å². The summed E-state index contributed by atoms with van der Waals surface area (Å²) in [5.74, 6) is -0.0797. The van der Waals surface area contributed by atoms with Crippen LogP contribution in [0.3, 0.4) is 0 Å². The van der Waals surface area contributed by atoms with Crippen LogP contribution in [0.15, 0.2) is 60.7 Å². The van der Waals surface area contributed by atoms with Crippen LogP contribution in [0.5, 0.6) is 0 Å². The molecule has 1 N–H and O–H groups in total. The third-order valence-corrected chi connectivity index (χ3v) is 3.86. The lowest BCUT2D eigenvalue weighted by Gasteiger charge is -2.32. The predicted molar refractivity (Wildman–Crippen MR) is 75.9 cm³/mol. The van der Waals surface area contributed by atoms with E-state index in [9.17, 15) is 4.79 Å². The number of hydrogen-bond donors (Lipinski definition) is 1. The van der Waals surface area contributed by atoms with Gasteiger partial charge in [-0.1, -0.05) is 60.7 Å². The third-order valence-electron chi connectivity index (χ3n) is 3.86. The van der Waals surface area contributed by atoms with Crippen LogP contribution >= 0.6 is 0 Å². The molecule has 1 amide bonds. The molecule has 0 spiro atoms. The number of carbonyl (C=O) groups excluding carboxylic acids is 1. The van der Waals surface area contributed by atoms with Crippen molar-refractivity contribution in [3.63, 3.8) is 0 Å². The third kappa shape index (κ3) is 2.09. The van der Waals surface area contributed by atoms with Crippen molar-refractivity contribution in [2.45, 2.75) is 24.6 Å². The van der Waals surface area contributed by atoms with Gasteiger partial charge in [0.15, 0.2) is 5.67 Å². The van der Waals surface area contributed by atoms with E-state index in [1.165, 1.54) is 0 Å². The van der Waals surface area contributed by atoms with Crippen LogP contribution < -0.4 is 5.32 Å². The monoisotopic (exact) mass is 269 g/mol. The van der Waals surface area contributed by atoms with E-state index in [2.05, 4.69) is 5.32 Å². The minimum Gasteiger partial charge on any atom is -0.349 e. The highest BCUT2D eigenvalue weighted by Crippen LogP contribution is 2.40. The Hall–Kier alpha value is -2.16. The first kappa shape index (κ1) is 12.9. The zero-order valence-electron chi connectivity index (χ0n) is 11.1. The van der Waals surface area contributed by atoms with E-state index in [-0.39, 0.29) is 5.91 Å². The Labute approximate surface area is 117 Å². The average molecular weight is 269 g/mol. The summed E-state index contributed by atoms with van der Waals surface area (Å²) in [6.07, 6.45) is 0.898. The summed E-state index contributed by atoms with van der Waals surface area (Å²) in [7, 11) is 0. The molecule has 0 aliphatic carbocycles.